The van der Waals surface area contributed by atoms with Crippen LogP contribution in [-0.4, -0.2) is 52.8 Å². The minimum absolute atomic E-state index is 0.405. The number of anilines is 1. The van der Waals surface area contributed by atoms with Crippen LogP contribution in [0.5, 0.6) is 5.75 Å². The summed E-state index contributed by atoms with van der Waals surface area (Å²) in [6.07, 6.45) is 4.41. The summed E-state index contributed by atoms with van der Waals surface area (Å²) in [4.78, 5) is 2.36. The van der Waals surface area contributed by atoms with Crippen molar-refractivity contribution in [3.63, 3.8) is 0 Å². The third-order valence-electron chi connectivity index (χ3n) is 5.11. The fraction of sp³-hybridized carbons (Fsp3) is 0.400. The van der Waals surface area contributed by atoms with Crippen LogP contribution >= 0.6 is 0 Å². The van der Waals surface area contributed by atoms with E-state index in [2.05, 4.69) is 44.9 Å². The van der Waals surface area contributed by atoms with Crippen LogP contribution in [0.4, 0.5) is 5.95 Å². The molecule has 0 amide bonds. The van der Waals surface area contributed by atoms with Crippen molar-refractivity contribution < 1.29 is 4.74 Å². The van der Waals surface area contributed by atoms with Gasteiger partial charge >= 0.3 is 0 Å². The van der Waals surface area contributed by atoms with E-state index in [1.807, 2.05) is 30.5 Å². The van der Waals surface area contributed by atoms with Crippen molar-refractivity contribution in [2.24, 2.45) is 0 Å². The molecule has 26 heavy (non-hydrogen) atoms. The zero-order valence-electron chi connectivity index (χ0n) is 15.6. The Kier molecular flexibility index (Phi) is 4.51. The number of hydrogen-bond acceptors (Lipinski definition) is 5. The SMILES string of the molecule is COc1ccc(-c2nnc(NC3CCCN(C)C3)n3cccc23)c(C)c1. The fourth-order valence-electron chi connectivity index (χ4n) is 3.74. The number of hydrogen-bond donors (Lipinski definition) is 1. The first-order valence-electron chi connectivity index (χ1n) is 9.09. The van der Waals surface area contributed by atoms with Gasteiger partial charge in [-0.25, -0.2) is 0 Å². The molecule has 4 rings (SSSR count). The second kappa shape index (κ2) is 6.96. The average Bonchev–Trinajstić information content (AvgIpc) is 3.13. The summed E-state index contributed by atoms with van der Waals surface area (Å²) in [7, 11) is 3.85. The molecule has 1 N–H and O–H groups in total. The van der Waals surface area contributed by atoms with E-state index in [1.165, 1.54) is 13.0 Å². The number of ether oxygens (including phenoxy) is 1. The van der Waals surface area contributed by atoms with Gasteiger partial charge in [-0.15, -0.1) is 10.2 Å². The lowest BCUT2D eigenvalue weighted by Gasteiger charge is -2.30. The van der Waals surface area contributed by atoms with Gasteiger partial charge in [-0.1, -0.05) is 0 Å². The third-order valence-corrected chi connectivity index (χ3v) is 5.11. The molecule has 0 radical (unpaired) electrons. The monoisotopic (exact) mass is 351 g/mol. The Hall–Kier alpha value is -2.60. The lowest BCUT2D eigenvalue weighted by atomic mass is 10.0. The molecule has 1 fully saturated rings. The maximum Gasteiger partial charge on any atom is 0.228 e. The minimum Gasteiger partial charge on any atom is -0.497 e. The maximum absolute atomic E-state index is 5.32. The van der Waals surface area contributed by atoms with Crippen LogP contribution in [0.2, 0.25) is 0 Å². The van der Waals surface area contributed by atoms with E-state index in [1.54, 1.807) is 7.11 Å². The van der Waals surface area contributed by atoms with Gasteiger partial charge in [-0.05, 0) is 69.3 Å². The van der Waals surface area contributed by atoms with E-state index in [0.29, 0.717) is 6.04 Å². The van der Waals surface area contributed by atoms with Crippen LogP contribution in [0.3, 0.4) is 0 Å². The number of benzene rings is 1. The molecule has 6 nitrogen and oxygen atoms in total. The zero-order chi connectivity index (χ0) is 18.1. The highest BCUT2D eigenvalue weighted by atomic mass is 16.5. The van der Waals surface area contributed by atoms with Crippen molar-refractivity contribution in [3.05, 3.63) is 42.1 Å². The van der Waals surface area contributed by atoms with Crippen molar-refractivity contribution in [3.8, 4) is 17.0 Å². The quantitative estimate of drug-likeness (QED) is 0.782. The van der Waals surface area contributed by atoms with E-state index in [9.17, 15) is 0 Å². The van der Waals surface area contributed by atoms with E-state index in [-0.39, 0.29) is 0 Å². The molecule has 0 spiro atoms. The molecule has 3 heterocycles. The topological polar surface area (TPSA) is 54.7 Å². The van der Waals surface area contributed by atoms with E-state index < -0.39 is 0 Å². The van der Waals surface area contributed by atoms with Crippen LogP contribution in [-0.2, 0) is 0 Å². The number of rotatable bonds is 4. The Labute approximate surface area is 153 Å². The Morgan fingerprint density at radius 1 is 1.23 bits per heavy atom. The molecule has 0 aliphatic carbocycles. The van der Waals surface area contributed by atoms with E-state index in [0.717, 1.165) is 47.0 Å². The fourth-order valence-corrected chi connectivity index (χ4v) is 3.74. The lowest BCUT2D eigenvalue weighted by molar-refractivity contribution is 0.260. The van der Waals surface area contributed by atoms with Gasteiger partial charge in [-0.2, -0.15) is 0 Å². The molecular weight excluding hydrogens is 326 g/mol. The standard InChI is InChI=1S/C20H25N5O/c1-14-12-16(26-3)8-9-17(14)19-18-7-5-11-25(18)20(23-22-19)21-15-6-4-10-24(2)13-15/h5,7-9,11-12,15H,4,6,10,13H2,1-3H3,(H,21,23). The van der Waals surface area contributed by atoms with Crippen LogP contribution in [0.1, 0.15) is 18.4 Å². The summed E-state index contributed by atoms with van der Waals surface area (Å²) in [5.41, 5.74) is 4.14. The molecule has 136 valence electrons. The van der Waals surface area contributed by atoms with Gasteiger partial charge in [0.05, 0.1) is 12.6 Å². The number of aromatic nitrogens is 3. The molecule has 1 saturated heterocycles. The van der Waals surface area contributed by atoms with Crippen molar-refractivity contribution >= 4 is 11.5 Å². The predicted octanol–water partition coefficient (Wildman–Crippen LogP) is 3.22. The minimum atomic E-state index is 0.405. The van der Waals surface area contributed by atoms with Gasteiger partial charge in [0.1, 0.15) is 11.4 Å². The average molecular weight is 351 g/mol. The summed E-state index contributed by atoms with van der Waals surface area (Å²) in [6.45, 7) is 4.27. The Morgan fingerprint density at radius 3 is 2.88 bits per heavy atom. The number of piperidine rings is 1. The number of likely N-dealkylation sites (N-methyl/N-ethyl adjacent to an activating group) is 1. The highest BCUT2D eigenvalue weighted by Crippen LogP contribution is 2.29. The predicted molar refractivity (Wildman–Crippen MR) is 104 cm³/mol. The Balaban J connectivity index is 1.70. The first-order valence-corrected chi connectivity index (χ1v) is 9.09. The maximum atomic E-state index is 5.32. The lowest BCUT2D eigenvalue weighted by Crippen LogP contribution is -2.40. The largest absolute Gasteiger partial charge is 0.497 e. The second-order valence-corrected chi connectivity index (χ2v) is 7.06. The van der Waals surface area contributed by atoms with Crippen LogP contribution in [0, 0.1) is 6.92 Å². The molecule has 1 aliphatic heterocycles. The molecule has 1 atom stereocenters. The highest BCUT2D eigenvalue weighted by Gasteiger charge is 2.19. The van der Waals surface area contributed by atoms with Crippen molar-refractivity contribution in [1.29, 1.82) is 0 Å². The number of nitrogens with zero attached hydrogens (tertiary/aromatic N) is 4. The molecule has 2 aromatic heterocycles. The van der Waals surface area contributed by atoms with Crippen molar-refractivity contribution in [2.45, 2.75) is 25.8 Å². The summed E-state index contributed by atoms with van der Waals surface area (Å²) in [5, 5.41) is 12.7. The molecule has 1 aromatic carbocycles. The summed E-state index contributed by atoms with van der Waals surface area (Å²) < 4.78 is 7.41. The van der Waals surface area contributed by atoms with Crippen molar-refractivity contribution in [2.75, 3.05) is 32.6 Å². The zero-order valence-corrected chi connectivity index (χ0v) is 15.6. The number of methoxy groups -OCH3 is 1. The van der Waals surface area contributed by atoms with Gasteiger partial charge in [-0.3, -0.25) is 4.40 Å². The second-order valence-electron chi connectivity index (χ2n) is 7.06. The molecule has 1 unspecified atom stereocenters. The van der Waals surface area contributed by atoms with E-state index in [4.69, 9.17) is 4.74 Å². The Morgan fingerprint density at radius 2 is 2.12 bits per heavy atom. The van der Waals surface area contributed by atoms with Gasteiger partial charge < -0.3 is 15.0 Å². The molecule has 3 aromatic rings. The number of fused-ring (bicyclic) bond motifs is 1. The number of aryl methyl sites for hydroxylation is 1. The normalized spacial score (nSPS) is 18.2. The van der Waals surface area contributed by atoms with Gasteiger partial charge in [0.25, 0.3) is 0 Å². The van der Waals surface area contributed by atoms with Gasteiger partial charge in [0.2, 0.25) is 5.95 Å². The number of likely N-dealkylation sites (tertiary alicyclic amines) is 1. The molecule has 1 aliphatic rings. The highest BCUT2D eigenvalue weighted by molar-refractivity contribution is 5.80. The Bertz CT molecular complexity index is 920. The summed E-state index contributed by atoms with van der Waals surface area (Å²) in [5.74, 6) is 1.66. The summed E-state index contributed by atoms with van der Waals surface area (Å²) in [6, 6.07) is 10.6. The third kappa shape index (κ3) is 3.12. The first-order chi connectivity index (χ1) is 12.7. The summed E-state index contributed by atoms with van der Waals surface area (Å²) >= 11 is 0. The van der Waals surface area contributed by atoms with E-state index >= 15 is 0 Å². The van der Waals surface area contributed by atoms with Gasteiger partial charge in [0.15, 0.2) is 0 Å². The molecule has 0 bridgehead atoms. The van der Waals surface area contributed by atoms with Crippen molar-refractivity contribution in [1.82, 2.24) is 19.5 Å². The van der Waals surface area contributed by atoms with Crippen LogP contribution < -0.4 is 10.1 Å². The first kappa shape index (κ1) is 16.8. The number of nitrogens with one attached hydrogen (secondary N) is 1. The van der Waals surface area contributed by atoms with Crippen LogP contribution in [0.15, 0.2) is 36.5 Å². The molecular formula is C20H25N5O. The molecule has 0 saturated carbocycles. The van der Waals surface area contributed by atoms with Crippen LogP contribution in [0.25, 0.3) is 16.8 Å². The smallest absolute Gasteiger partial charge is 0.228 e. The van der Waals surface area contributed by atoms with Gasteiger partial charge in [0, 0.05) is 24.3 Å². The molecule has 6 heteroatoms.